The molecular formula is C17H19N3O3. The molecule has 0 bridgehead atoms. The molecule has 0 saturated carbocycles. The Morgan fingerprint density at radius 3 is 2.78 bits per heavy atom. The van der Waals surface area contributed by atoms with Crippen LogP contribution in [0.25, 0.3) is 11.0 Å². The Morgan fingerprint density at radius 2 is 2.09 bits per heavy atom. The molecule has 6 heteroatoms. The summed E-state index contributed by atoms with van der Waals surface area (Å²) in [6.45, 7) is 1.91. The number of hydrogen-bond donors (Lipinski definition) is 0. The fourth-order valence-corrected chi connectivity index (χ4v) is 2.60. The van der Waals surface area contributed by atoms with Crippen LogP contribution in [-0.2, 0) is 9.59 Å². The Hall–Kier alpha value is -2.63. The zero-order chi connectivity index (χ0) is 16.6. The number of nitrogens with zero attached hydrogens (tertiary/aromatic N) is 3. The average Bonchev–Trinajstić information content (AvgIpc) is 2.99. The average molecular weight is 313 g/mol. The molecule has 1 atom stereocenters. The lowest BCUT2D eigenvalue weighted by molar-refractivity contribution is -0.130. The van der Waals surface area contributed by atoms with Crippen molar-refractivity contribution >= 4 is 28.5 Å². The minimum atomic E-state index is -0.222. The molecule has 1 unspecified atom stereocenters. The van der Waals surface area contributed by atoms with Gasteiger partial charge in [0.25, 0.3) is 5.91 Å². The fraction of sp³-hybridized carbons (Fsp3) is 0.353. The van der Waals surface area contributed by atoms with Crippen LogP contribution in [0.5, 0.6) is 0 Å². The maximum Gasteiger partial charge on any atom is 0.270 e. The van der Waals surface area contributed by atoms with E-state index in [0.29, 0.717) is 18.6 Å². The standard InChI is InChI=1S/C17H19N3O3/c1-11(15-10-12-6-4-5-7-14(12)23-15)19(2)17(22)13-8-9-16(21)20(3)18-13/h4-7,10-11H,8-9H2,1-3H3. The van der Waals surface area contributed by atoms with Gasteiger partial charge < -0.3 is 9.32 Å². The highest BCUT2D eigenvalue weighted by molar-refractivity contribution is 6.39. The summed E-state index contributed by atoms with van der Waals surface area (Å²) in [5, 5.41) is 6.32. The molecule has 120 valence electrons. The van der Waals surface area contributed by atoms with E-state index in [1.807, 2.05) is 37.3 Å². The number of rotatable bonds is 3. The summed E-state index contributed by atoms with van der Waals surface area (Å²) in [6.07, 6.45) is 0.688. The van der Waals surface area contributed by atoms with E-state index in [1.54, 1.807) is 19.0 Å². The summed E-state index contributed by atoms with van der Waals surface area (Å²) in [5.74, 6) is 0.467. The van der Waals surface area contributed by atoms with Crippen molar-refractivity contribution in [2.45, 2.75) is 25.8 Å². The number of para-hydroxylation sites is 1. The summed E-state index contributed by atoms with van der Waals surface area (Å²) in [5.41, 5.74) is 1.20. The van der Waals surface area contributed by atoms with Crippen LogP contribution >= 0.6 is 0 Å². The molecule has 0 radical (unpaired) electrons. The van der Waals surface area contributed by atoms with Gasteiger partial charge >= 0.3 is 0 Å². The highest BCUT2D eigenvalue weighted by Gasteiger charge is 2.28. The largest absolute Gasteiger partial charge is 0.459 e. The smallest absolute Gasteiger partial charge is 0.270 e. The molecule has 0 aliphatic carbocycles. The third kappa shape index (κ3) is 2.84. The fourth-order valence-electron chi connectivity index (χ4n) is 2.60. The van der Waals surface area contributed by atoms with Crippen molar-refractivity contribution in [3.05, 3.63) is 36.1 Å². The monoisotopic (exact) mass is 313 g/mol. The summed E-state index contributed by atoms with van der Waals surface area (Å²) in [7, 11) is 3.29. The second-order valence-corrected chi connectivity index (χ2v) is 5.74. The summed E-state index contributed by atoms with van der Waals surface area (Å²) in [4.78, 5) is 25.7. The van der Waals surface area contributed by atoms with Crippen molar-refractivity contribution in [2.75, 3.05) is 14.1 Å². The Kier molecular flexibility index (Phi) is 3.90. The predicted octanol–water partition coefficient (Wildman–Crippen LogP) is 2.56. The molecule has 2 amide bonds. The lowest BCUT2D eigenvalue weighted by atomic mass is 10.1. The van der Waals surface area contributed by atoms with Gasteiger partial charge in [0.2, 0.25) is 5.91 Å². The van der Waals surface area contributed by atoms with Crippen molar-refractivity contribution in [2.24, 2.45) is 5.10 Å². The topological polar surface area (TPSA) is 66.1 Å². The second-order valence-electron chi connectivity index (χ2n) is 5.74. The molecule has 1 aromatic heterocycles. The third-order valence-electron chi connectivity index (χ3n) is 4.21. The van der Waals surface area contributed by atoms with E-state index in [1.165, 1.54) is 5.01 Å². The number of carbonyl (C=O) groups excluding carboxylic acids is 2. The highest BCUT2D eigenvalue weighted by Crippen LogP contribution is 2.27. The lowest BCUT2D eigenvalue weighted by Crippen LogP contribution is -2.39. The first-order valence-electron chi connectivity index (χ1n) is 7.57. The highest BCUT2D eigenvalue weighted by atomic mass is 16.3. The van der Waals surface area contributed by atoms with Gasteiger partial charge in [-0.05, 0) is 19.1 Å². The van der Waals surface area contributed by atoms with E-state index in [9.17, 15) is 9.59 Å². The van der Waals surface area contributed by atoms with Gasteiger partial charge in [0.1, 0.15) is 17.1 Å². The van der Waals surface area contributed by atoms with Crippen LogP contribution in [0.3, 0.4) is 0 Å². The van der Waals surface area contributed by atoms with E-state index in [-0.39, 0.29) is 17.9 Å². The van der Waals surface area contributed by atoms with Crippen LogP contribution in [0.15, 0.2) is 39.9 Å². The third-order valence-corrected chi connectivity index (χ3v) is 4.21. The van der Waals surface area contributed by atoms with Crippen molar-refractivity contribution in [1.82, 2.24) is 9.91 Å². The van der Waals surface area contributed by atoms with Gasteiger partial charge in [-0.3, -0.25) is 9.59 Å². The van der Waals surface area contributed by atoms with Crippen LogP contribution in [0.2, 0.25) is 0 Å². The number of hydrazone groups is 1. The summed E-state index contributed by atoms with van der Waals surface area (Å²) >= 11 is 0. The number of amides is 2. The van der Waals surface area contributed by atoms with Gasteiger partial charge in [-0.15, -0.1) is 0 Å². The number of hydrogen-bond acceptors (Lipinski definition) is 4. The predicted molar refractivity (Wildman–Crippen MR) is 86.8 cm³/mol. The van der Waals surface area contributed by atoms with Gasteiger partial charge in [-0.25, -0.2) is 5.01 Å². The summed E-state index contributed by atoms with van der Waals surface area (Å²) in [6, 6.07) is 9.47. The maximum absolute atomic E-state index is 12.6. The Labute approximate surface area is 134 Å². The van der Waals surface area contributed by atoms with Gasteiger partial charge in [-0.1, -0.05) is 18.2 Å². The Bertz CT molecular complexity index is 760. The molecule has 0 saturated heterocycles. The molecule has 1 aliphatic rings. The zero-order valence-corrected chi connectivity index (χ0v) is 13.4. The first-order valence-corrected chi connectivity index (χ1v) is 7.57. The van der Waals surface area contributed by atoms with E-state index in [4.69, 9.17) is 4.42 Å². The molecule has 1 aromatic carbocycles. The molecular weight excluding hydrogens is 294 g/mol. The molecule has 3 rings (SSSR count). The number of fused-ring (bicyclic) bond motifs is 1. The van der Waals surface area contributed by atoms with Gasteiger partial charge in [0.05, 0.1) is 6.04 Å². The van der Waals surface area contributed by atoms with Crippen molar-refractivity contribution < 1.29 is 14.0 Å². The quantitative estimate of drug-likeness (QED) is 0.874. The number of benzene rings is 1. The Morgan fingerprint density at radius 1 is 1.35 bits per heavy atom. The maximum atomic E-state index is 12.6. The molecule has 0 spiro atoms. The van der Waals surface area contributed by atoms with Gasteiger partial charge in [-0.2, -0.15) is 5.10 Å². The SMILES string of the molecule is CC(c1cc2ccccc2o1)N(C)C(=O)C1=NN(C)C(=O)CC1. The summed E-state index contributed by atoms with van der Waals surface area (Å²) < 4.78 is 5.83. The molecule has 0 fully saturated rings. The van der Waals surface area contributed by atoms with E-state index in [2.05, 4.69) is 5.10 Å². The molecule has 6 nitrogen and oxygen atoms in total. The molecule has 23 heavy (non-hydrogen) atoms. The van der Waals surface area contributed by atoms with Crippen LogP contribution in [0.1, 0.15) is 31.6 Å². The normalized spacial score (nSPS) is 16.4. The van der Waals surface area contributed by atoms with Crippen LogP contribution in [0, 0.1) is 0 Å². The first kappa shape index (κ1) is 15.3. The lowest BCUT2D eigenvalue weighted by Gasteiger charge is -2.26. The van der Waals surface area contributed by atoms with Crippen LogP contribution < -0.4 is 0 Å². The number of carbonyl (C=O) groups is 2. The van der Waals surface area contributed by atoms with Crippen molar-refractivity contribution in [3.8, 4) is 0 Å². The van der Waals surface area contributed by atoms with Gasteiger partial charge in [0.15, 0.2) is 0 Å². The van der Waals surface area contributed by atoms with E-state index >= 15 is 0 Å². The van der Waals surface area contributed by atoms with Crippen LogP contribution in [0.4, 0.5) is 0 Å². The minimum Gasteiger partial charge on any atom is -0.459 e. The van der Waals surface area contributed by atoms with Crippen molar-refractivity contribution in [3.63, 3.8) is 0 Å². The second kappa shape index (κ2) is 5.87. The van der Waals surface area contributed by atoms with Crippen LogP contribution in [-0.4, -0.2) is 41.5 Å². The first-order chi connectivity index (χ1) is 11.0. The molecule has 1 aliphatic heterocycles. The number of furan rings is 1. The zero-order valence-electron chi connectivity index (χ0n) is 13.4. The molecule has 2 aromatic rings. The Balaban J connectivity index is 1.81. The van der Waals surface area contributed by atoms with E-state index in [0.717, 1.165) is 16.7 Å². The van der Waals surface area contributed by atoms with Gasteiger partial charge in [0, 0.05) is 32.3 Å². The van der Waals surface area contributed by atoms with E-state index < -0.39 is 0 Å². The molecule has 2 heterocycles. The van der Waals surface area contributed by atoms with Crippen molar-refractivity contribution in [1.29, 1.82) is 0 Å². The molecule has 0 N–H and O–H groups in total. The minimum absolute atomic E-state index is 0.0745.